The predicted molar refractivity (Wildman–Crippen MR) is 120 cm³/mol. The molecule has 1 heterocycles. The first-order valence-electron chi connectivity index (χ1n) is 10.2. The molecule has 1 aromatic heterocycles. The van der Waals surface area contributed by atoms with E-state index in [1.165, 1.54) is 6.07 Å². The van der Waals surface area contributed by atoms with E-state index in [1.54, 1.807) is 6.20 Å². The molecular weight excluding hydrogens is 436 g/mol. The van der Waals surface area contributed by atoms with E-state index in [0.29, 0.717) is 18.5 Å². The van der Waals surface area contributed by atoms with E-state index >= 15 is 0 Å². The van der Waals surface area contributed by atoms with Gasteiger partial charge in [-0.25, -0.2) is 8.78 Å². The average Bonchev–Trinajstić information content (AvgIpc) is 3.56. The fourth-order valence-electron chi connectivity index (χ4n) is 3.48. The Kier molecular flexibility index (Phi) is 8.14. The van der Waals surface area contributed by atoms with Crippen molar-refractivity contribution >= 4 is 18.3 Å². The molecule has 0 unspecified atom stereocenters. The second-order valence-electron chi connectivity index (χ2n) is 7.51. The van der Waals surface area contributed by atoms with Gasteiger partial charge in [-0.1, -0.05) is 36.4 Å². The lowest BCUT2D eigenvalue weighted by atomic mass is 10.1. The number of halogens is 3. The number of ether oxygens (including phenoxy) is 1. The highest BCUT2D eigenvalue weighted by Crippen LogP contribution is 2.46. The van der Waals surface area contributed by atoms with Gasteiger partial charge in [-0.15, -0.1) is 12.4 Å². The Hall–Kier alpha value is -3.03. The minimum absolute atomic E-state index is 0. The van der Waals surface area contributed by atoms with Crippen molar-refractivity contribution in [1.82, 2.24) is 15.6 Å². The molecule has 2 N–H and O–H groups in total. The Labute approximate surface area is 191 Å². The summed E-state index contributed by atoms with van der Waals surface area (Å²) < 4.78 is 34.0. The Morgan fingerprint density at radius 2 is 1.88 bits per heavy atom. The van der Waals surface area contributed by atoms with E-state index in [1.807, 2.05) is 48.5 Å². The van der Waals surface area contributed by atoms with Gasteiger partial charge in [-0.3, -0.25) is 9.78 Å². The Morgan fingerprint density at radius 1 is 1.09 bits per heavy atom. The first-order valence-corrected chi connectivity index (χ1v) is 10.2. The number of hydrogen-bond acceptors (Lipinski definition) is 4. The third-order valence-corrected chi connectivity index (χ3v) is 5.17. The summed E-state index contributed by atoms with van der Waals surface area (Å²) in [6.45, 7) is 0.658. The van der Waals surface area contributed by atoms with Crippen LogP contribution in [0.2, 0.25) is 0 Å². The quantitative estimate of drug-likeness (QED) is 0.505. The number of carbonyl (C=O) groups is 1. The van der Waals surface area contributed by atoms with Crippen molar-refractivity contribution in [3.8, 4) is 5.75 Å². The summed E-state index contributed by atoms with van der Waals surface area (Å²) in [7, 11) is 0. The van der Waals surface area contributed by atoms with E-state index in [2.05, 4.69) is 15.6 Å². The van der Waals surface area contributed by atoms with E-state index in [0.717, 1.165) is 17.3 Å². The second-order valence-corrected chi connectivity index (χ2v) is 7.51. The summed E-state index contributed by atoms with van der Waals surface area (Å²) in [5, 5.41) is 5.94. The highest BCUT2D eigenvalue weighted by Gasteiger charge is 2.41. The number of nitrogens with zero attached hydrogens (tertiary/aromatic N) is 1. The smallest absolute Gasteiger partial charge is 0.234 e. The van der Waals surface area contributed by atoms with Gasteiger partial charge in [0.05, 0.1) is 18.8 Å². The number of benzene rings is 2. The third kappa shape index (κ3) is 6.24. The number of rotatable bonds is 9. The molecule has 3 aromatic rings. The molecule has 2 aromatic carbocycles. The average molecular weight is 460 g/mol. The largest absolute Gasteiger partial charge is 0.486 e. The number of hydrogen-bond donors (Lipinski definition) is 2. The zero-order valence-electron chi connectivity index (χ0n) is 17.3. The van der Waals surface area contributed by atoms with Gasteiger partial charge in [0, 0.05) is 29.8 Å². The van der Waals surface area contributed by atoms with Crippen LogP contribution in [0, 0.1) is 11.6 Å². The molecule has 5 nitrogen and oxygen atoms in total. The van der Waals surface area contributed by atoms with Gasteiger partial charge >= 0.3 is 0 Å². The van der Waals surface area contributed by atoms with Crippen LogP contribution < -0.4 is 15.4 Å². The topological polar surface area (TPSA) is 63.2 Å². The number of carbonyl (C=O) groups excluding carboxylic acids is 1. The normalized spacial score (nSPS) is 16.7. The molecule has 1 aliphatic rings. The van der Waals surface area contributed by atoms with Crippen molar-refractivity contribution in [3.05, 3.63) is 95.3 Å². The standard InChI is InChI=1S/C24H23F2N3O2.ClH/c25-17-10-20(24(21(26)11-17)31-15-16-6-2-1-3-7-16)19-12-22(19)28-14-23(30)29-13-18-8-4-5-9-27-18;/h1-11,19,22,28H,12-15H2,(H,29,30);1H/t19-,22+;/m0./s1. The lowest BCUT2D eigenvalue weighted by Crippen LogP contribution is -2.35. The SMILES string of the molecule is Cl.O=C(CN[C@@H]1C[C@H]1c1cc(F)cc(F)c1OCc1ccccc1)NCc1ccccn1. The predicted octanol–water partition coefficient (Wildman–Crippen LogP) is 4.12. The molecule has 0 saturated heterocycles. The zero-order valence-corrected chi connectivity index (χ0v) is 18.1. The van der Waals surface area contributed by atoms with Crippen LogP contribution in [0.4, 0.5) is 8.78 Å². The molecular formula is C24H24ClF2N3O2. The van der Waals surface area contributed by atoms with Crippen molar-refractivity contribution in [2.45, 2.75) is 31.5 Å². The van der Waals surface area contributed by atoms with Crippen LogP contribution in [0.15, 0.2) is 66.9 Å². The Bertz CT molecular complexity index is 1040. The molecule has 8 heteroatoms. The minimum atomic E-state index is -0.718. The Morgan fingerprint density at radius 3 is 2.62 bits per heavy atom. The highest BCUT2D eigenvalue weighted by atomic mass is 35.5. The molecule has 0 bridgehead atoms. The monoisotopic (exact) mass is 459 g/mol. The van der Waals surface area contributed by atoms with Crippen LogP contribution in [0.1, 0.15) is 29.2 Å². The van der Waals surface area contributed by atoms with Crippen LogP contribution in [0.5, 0.6) is 5.75 Å². The summed E-state index contributed by atoms with van der Waals surface area (Å²) in [4.78, 5) is 16.2. The maximum atomic E-state index is 14.4. The van der Waals surface area contributed by atoms with Gasteiger partial charge in [0.15, 0.2) is 11.6 Å². The maximum Gasteiger partial charge on any atom is 0.234 e. The lowest BCUT2D eigenvalue weighted by Gasteiger charge is -2.13. The van der Waals surface area contributed by atoms with E-state index < -0.39 is 11.6 Å². The first kappa shape index (κ1) is 23.6. The van der Waals surface area contributed by atoms with Crippen LogP contribution in [-0.2, 0) is 17.9 Å². The van der Waals surface area contributed by atoms with Crippen molar-refractivity contribution in [2.24, 2.45) is 0 Å². The molecule has 2 atom stereocenters. The van der Waals surface area contributed by atoms with Gasteiger partial charge < -0.3 is 15.4 Å². The lowest BCUT2D eigenvalue weighted by molar-refractivity contribution is -0.120. The molecule has 0 radical (unpaired) electrons. The van der Waals surface area contributed by atoms with Crippen LogP contribution >= 0.6 is 12.4 Å². The summed E-state index contributed by atoms with van der Waals surface area (Å²) in [5.74, 6) is -1.57. The molecule has 32 heavy (non-hydrogen) atoms. The number of nitrogens with one attached hydrogen (secondary N) is 2. The number of pyridine rings is 1. The first-order chi connectivity index (χ1) is 15.1. The minimum Gasteiger partial charge on any atom is -0.486 e. The fourth-order valence-corrected chi connectivity index (χ4v) is 3.48. The highest BCUT2D eigenvalue weighted by molar-refractivity contribution is 5.85. The summed E-state index contributed by atoms with van der Waals surface area (Å²) in [6, 6.07) is 17.0. The van der Waals surface area contributed by atoms with Crippen LogP contribution in [-0.4, -0.2) is 23.5 Å². The van der Waals surface area contributed by atoms with Gasteiger partial charge in [0.25, 0.3) is 0 Å². The van der Waals surface area contributed by atoms with Crippen LogP contribution in [0.3, 0.4) is 0 Å². The van der Waals surface area contributed by atoms with Gasteiger partial charge in [0.2, 0.25) is 5.91 Å². The molecule has 1 saturated carbocycles. The zero-order chi connectivity index (χ0) is 21.6. The summed E-state index contributed by atoms with van der Waals surface area (Å²) in [5.41, 5.74) is 2.16. The third-order valence-electron chi connectivity index (χ3n) is 5.17. The molecule has 4 rings (SSSR count). The summed E-state index contributed by atoms with van der Waals surface area (Å²) >= 11 is 0. The van der Waals surface area contributed by atoms with E-state index in [4.69, 9.17) is 4.74 Å². The second kappa shape index (κ2) is 11.0. The van der Waals surface area contributed by atoms with Crippen molar-refractivity contribution in [3.63, 3.8) is 0 Å². The number of aromatic nitrogens is 1. The summed E-state index contributed by atoms with van der Waals surface area (Å²) in [6.07, 6.45) is 2.35. The van der Waals surface area contributed by atoms with E-state index in [-0.39, 0.29) is 49.2 Å². The molecule has 0 spiro atoms. The molecule has 1 amide bonds. The number of amides is 1. The molecule has 0 aliphatic heterocycles. The molecule has 168 valence electrons. The van der Waals surface area contributed by atoms with Gasteiger partial charge in [-0.2, -0.15) is 0 Å². The van der Waals surface area contributed by atoms with Crippen molar-refractivity contribution in [2.75, 3.05) is 6.54 Å². The van der Waals surface area contributed by atoms with Gasteiger partial charge in [0.1, 0.15) is 12.4 Å². The van der Waals surface area contributed by atoms with E-state index in [9.17, 15) is 13.6 Å². The molecule has 1 fully saturated rings. The maximum absolute atomic E-state index is 14.4. The van der Waals surface area contributed by atoms with Crippen molar-refractivity contribution < 1.29 is 18.3 Å². The fraction of sp³-hybridized carbons (Fsp3) is 0.250. The Balaban J connectivity index is 0.00000289. The van der Waals surface area contributed by atoms with Crippen molar-refractivity contribution in [1.29, 1.82) is 0 Å². The molecule has 1 aliphatic carbocycles. The van der Waals surface area contributed by atoms with Crippen LogP contribution in [0.25, 0.3) is 0 Å². The van der Waals surface area contributed by atoms with Gasteiger partial charge in [-0.05, 0) is 30.2 Å².